The van der Waals surface area contributed by atoms with Gasteiger partial charge in [-0.3, -0.25) is 14.4 Å². The molecule has 142 valence electrons. The van der Waals surface area contributed by atoms with Crippen LogP contribution in [0.5, 0.6) is 0 Å². The van der Waals surface area contributed by atoms with Crippen molar-refractivity contribution in [3.8, 4) is 0 Å². The molecular formula is C21H17KN2O5. The van der Waals surface area contributed by atoms with Crippen LogP contribution in [0, 0.1) is 0 Å². The van der Waals surface area contributed by atoms with Gasteiger partial charge in [-0.25, -0.2) is 4.90 Å². The first-order valence-electron chi connectivity index (χ1n) is 9.09. The molecular weight excluding hydrogens is 399 g/mol. The van der Waals surface area contributed by atoms with Gasteiger partial charge >= 0.3 is 51.4 Å². The number of hydrogen-bond acceptors (Lipinski definition) is 5. The third-order valence-corrected chi connectivity index (χ3v) is 5.21. The minimum Gasteiger partial charge on any atom is -0.548 e. The van der Waals surface area contributed by atoms with Crippen molar-refractivity contribution in [1.29, 1.82) is 0 Å². The van der Waals surface area contributed by atoms with E-state index in [0.29, 0.717) is 19.3 Å². The summed E-state index contributed by atoms with van der Waals surface area (Å²) >= 11 is 0. The van der Waals surface area contributed by atoms with E-state index in [-0.39, 0.29) is 80.3 Å². The van der Waals surface area contributed by atoms with Crippen molar-refractivity contribution in [2.45, 2.75) is 25.3 Å². The topological polar surface area (TPSA) is 97.8 Å². The molecule has 7 nitrogen and oxygen atoms in total. The molecule has 8 heteroatoms. The van der Waals surface area contributed by atoms with Crippen LogP contribution in [-0.2, 0) is 4.79 Å². The van der Waals surface area contributed by atoms with Crippen molar-refractivity contribution in [2.24, 2.45) is 0 Å². The summed E-state index contributed by atoms with van der Waals surface area (Å²) in [5, 5.41) is 11.5. The van der Waals surface area contributed by atoms with Gasteiger partial charge in [-0.15, -0.1) is 0 Å². The number of carboxylic acids is 1. The van der Waals surface area contributed by atoms with Gasteiger partial charge in [-0.2, -0.15) is 0 Å². The molecule has 2 aliphatic heterocycles. The molecule has 0 bridgehead atoms. The van der Waals surface area contributed by atoms with Gasteiger partial charge in [0.25, 0.3) is 17.7 Å². The van der Waals surface area contributed by atoms with Crippen molar-refractivity contribution in [3.05, 3.63) is 65.2 Å². The third-order valence-electron chi connectivity index (χ3n) is 5.21. The van der Waals surface area contributed by atoms with Crippen molar-refractivity contribution in [2.75, 3.05) is 11.4 Å². The fourth-order valence-corrected chi connectivity index (χ4v) is 3.83. The van der Waals surface area contributed by atoms with Crippen molar-refractivity contribution in [3.63, 3.8) is 0 Å². The van der Waals surface area contributed by atoms with Crippen LogP contribution in [0.3, 0.4) is 0 Å². The zero-order chi connectivity index (χ0) is 19.8. The summed E-state index contributed by atoms with van der Waals surface area (Å²) in [6.45, 7) is 0.286. The van der Waals surface area contributed by atoms with Crippen LogP contribution < -0.4 is 61.4 Å². The molecule has 1 fully saturated rings. The summed E-state index contributed by atoms with van der Waals surface area (Å²) < 4.78 is 0. The van der Waals surface area contributed by atoms with E-state index < -0.39 is 29.7 Å². The zero-order valence-corrected chi connectivity index (χ0v) is 19.1. The normalized spacial score (nSPS) is 18.3. The van der Waals surface area contributed by atoms with E-state index in [1.54, 1.807) is 36.4 Å². The second-order valence-electron chi connectivity index (χ2n) is 6.84. The molecule has 0 saturated carbocycles. The maximum atomic E-state index is 13.2. The Labute approximate surface area is 210 Å². The van der Waals surface area contributed by atoms with Crippen LogP contribution in [0.1, 0.15) is 50.3 Å². The van der Waals surface area contributed by atoms with E-state index in [0.717, 1.165) is 4.90 Å². The first-order valence-corrected chi connectivity index (χ1v) is 9.09. The molecule has 1 saturated heterocycles. The number of fused-ring (bicyclic) bond motifs is 1. The van der Waals surface area contributed by atoms with Crippen LogP contribution in [0.25, 0.3) is 0 Å². The van der Waals surface area contributed by atoms with Crippen LogP contribution in [-0.4, -0.2) is 41.2 Å². The van der Waals surface area contributed by atoms with Crippen molar-refractivity contribution < 1.29 is 75.7 Å². The number of amides is 3. The van der Waals surface area contributed by atoms with E-state index in [9.17, 15) is 24.3 Å². The minimum absolute atomic E-state index is 0. The summed E-state index contributed by atoms with van der Waals surface area (Å²) in [6, 6.07) is 11.7. The largest absolute Gasteiger partial charge is 1.00 e. The second-order valence-corrected chi connectivity index (χ2v) is 6.84. The SMILES string of the molecule is O=C([O-])[C@@H]1CCCCN1C(=O)c1ccccc1N1C(=O)c2ccccc2C1=O.[K+]. The average molecular weight is 416 g/mol. The summed E-state index contributed by atoms with van der Waals surface area (Å²) in [6.07, 6.45) is 1.70. The monoisotopic (exact) mass is 416 g/mol. The second kappa shape index (κ2) is 8.89. The summed E-state index contributed by atoms with van der Waals surface area (Å²) in [4.78, 5) is 52.5. The standard InChI is InChI=1S/C21H18N2O5.K/c24-18(22-12-6-5-11-17(22)21(27)28)15-9-3-4-10-16(15)23-19(25)13-7-1-2-8-14(13)20(23)26;/h1-4,7-10,17H,5-6,11-12H2,(H,27,28);/q;+1/p-1/t17-;/m0./s1. The fourth-order valence-electron chi connectivity index (χ4n) is 3.83. The Morgan fingerprint density at radius 3 is 2.10 bits per heavy atom. The minimum atomic E-state index is -1.30. The molecule has 3 amide bonds. The summed E-state index contributed by atoms with van der Waals surface area (Å²) in [5.41, 5.74) is 0.826. The molecule has 4 rings (SSSR count). The number of carbonyl (C=O) groups is 4. The number of hydrogen-bond donors (Lipinski definition) is 0. The molecule has 0 radical (unpaired) electrons. The molecule has 29 heavy (non-hydrogen) atoms. The van der Waals surface area contributed by atoms with Gasteiger partial charge in [0.1, 0.15) is 0 Å². The van der Waals surface area contributed by atoms with E-state index >= 15 is 0 Å². The molecule has 0 unspecified atom stereocenters. The molecule has 2 aliphatic rings. The van der Waals surface area contributed by atoms with Gasteiger partial charge < -0.3 is 14.8 Å². The number of piperidine rings is 1. The Bertz CT molecular complexity index is 971. The third kappa shape index (κ3) is 3.83. The Balaban J connectivity index is 0.00000240. The number of para-hydroxylation sites is 1. The first kappa shape index (κ1) is 21.9. The van der Waals surface area contributed by atoms with Crippen LogP contribution in [0.2, 0.25) is 0 Å². The Kier molecular flexibility index (Phi) is 6.70. The molecule has 2 aromatic rings. The molecule has 2 heterocycles. The predicted molar refractivity (Wildman–Crippen MR) is 97.7 cm³/mol. The summed E-state index contributed by atoms with van der Waals surface area (Å²) in [7, 11) is 0. The molecule has 0 aromatic heterocycles. The Morgan fingerprint density at radius 1 is 0.897 bits per heavy atom. The Hall–Kier alpha value is -1.84. The van der Waals surface area contributed by atoms with E-state index in [1.807, 2.05) is 0 Å². The van der Waals surface area contributed by atoms with Gasteiger partial charge in [0.2, 0.25) is 0 Å². The molecule has 1 atom stereocenters. The smallest absolute Gasteiger partial charge is 0.548 e. The average Bonchev–Trinajstić information content (AvgIpc) is 2.98. The van der Waals surface area contributed by atoms with E-state index in [2.05, 4.69) is 0 Å². The van der Waals surface area contributed by atoms with Gasteiger partial charge in [-0.1, -0.05) is 24.3 Å². The van der Waals surface area contributed by atoms with Crippen molar-refractivity contribution in [1.82, 2.24) is 4.90 Å². The number of aliphatic carboxylic acids is 1. The summed E-state index contributed by atoms with van der Waals surface area (Å²) in [5.74, 6) is -2.83. The molecule has 0 N–H and O–H groups in total. The number of anilines is 1. The maximum absolute atomic E-state index is 13.2. The van der Waals surface area contributed by atoms with Gasteiger partial charge in [0, 0.05) is 6.54 Å². The number of likely N-dealkylation sites (tertiary alicyclic amines) is 1. The van der Waals surface area contributed by atoms with Crippen LogP contribution in [0.15, 0.2) is 48.5 Å². The number of carbonyl (C=O) groups excluding carboxylic acids is 4. The number of benzene rings is 2. The van der Waals surface area contributed by atoms with Gasteiger partial charge in [0.05, 0.1) is 34.4 Å². The van der Waals surface area contributed by atoms with Gasteiger partial charge in [-0.05, 0) is 43.5 Å². The fraction of sp³-hybridized carbons (Fsp3) is 0.238. The maximum Gasteiger partial charge on any atom is 1.00 e. The predicted octanol–water partition coefficient (Wildman–Crippen LogP) is -1.76. The molecule has 0 aliphatic carbocycles. The van der Waals surface area contributed by atoms with Crippen LogP contribution >= 0.6 is 0 Å². The first-order chi connectivity index (χ1) is 13.5. The van der Waals surface area contributed by atoms with Crippen molar-refractivity contribution >= 4 is 29.4 Å². The number of nitrogens with zero attached hydrogens (tertiary/aromatic N) is 2. The van der Waals surface area contributed by atoms with Gasteiger partial charge in [0.15, 0.2) is 0 Å². The zero-order valence-electron chi connectivity index (χ0n) is 16.0. The number of carboxylic acid groups (broad SMARTS) is 1. The quantitative estimate of drug-likeness (QED) is 0.436. The molecule has 2 aromatic carbocycles. The number of rotatable bonds is 3. The van der Waals surface area contributed by atoms with E-state index in [4.69, 9.17) is 0 Å². The molecule has 0 spiro atoms. The Morgan fingerprint density at radius 2 is 1.48 bits per heavy atom. The van der Waals surface area contributed by atoms with E-state index in [1.165, 1.54) is 17.0 Å². The number of imide groups is 1. The van der Waals surface area contributed by atoms with Crippen LogP contribution in [0.4, 0.5) is 5.69 Å².